The first-order valence-electron chi connectivity index (χ1n) is 8.28. The van der Waals surface area contributed by atoms with E-state index in [1.165, 1.54) is 16.7 Å². The van der Waals surface area contributed by atoms with E-state index in [2.05, 4.69) is 10.3 Å². The molecule has 0 saturated carbocycles. The van der Waals surface area contributed by atoms with E-state index in [9.17, 15) is 9.59 Å². The molecule has 1 atom stereocenters. The van der Waals surface area contributed by atoms with Gasteiger partial charge in [-0.3, -0.25) is 14.5 Å². The number of anilines is 1. The number of benzene rings is 2. The number of amides is 2. The molecule has 1 unspecified atom stereocenters. The molecule has 1 aliphatic rings. The van der Waals surface area contributed by atoms with Gasteiger partial charge in [0.1, 0.15) is 11.0 Å². The number of methoxy groups -OCH3 is 1. The Hall–Kier alpha value is -2.22. The highest BCUT2D eigenvalue weighted by Gasteiger charge is 2.37. The Morgan fingerprint density at radius 3 is 2.46 bits per heavy atom. The molecule has 3 rings (SSSR count). The fraction of sp³-hybridized carbons (Fsp3) is 0.211. The van der Waals surface area contributed by atoms with Gasteiger partial charge < -0.3 is 10.1 Å². The second kappa shape index (κ2) is 8.86. The van der Waals surface area contributed by atoms with Crippen LogP contribution in [0.4, 0.5) is 11.4 Å². The predicted molar refractivity (Wildman–Crippen MR) is 114 cm³/mol. The third-order valence-corrected chi connectivity index (χ3v) is 5.62. The molecule has 2 aromatic carbocycles. The van der Waals surface area contributed by atoms with E-state index in [1.807, 2.05) is 0 Å². The molecule has 1 aliphatic heterocycles. The van der Waals surface area contributed by atoms with Crippen LogP contribution in [0, 0.1) is 0 Å². The molecule has 6 nitrogen and oxygen atoms in total. The van der Waals surface area contributed by atoms with Crippen molar-refractivity contribution in [3.05, 3.63) is 52.5 Å². The molecule has 9 heteroatoms. The molecule has 1 N–H and O–H groups in total. The number of ether oxygens (including phenoxy) is 1. The van der Waals surface area contributed by atoms with Crippen molar-refractivity contribution in [1.29, 1.82) is 0 Å². The second-order valence-corrected chi connectivity index (χ2v) is 8.05. The van der Waals surface area contributed by atoms with Crippen LogP contribution in [0.1, 0.15) is 6.42 Å². The fourth-order valence-corrected chi connectivity index (χ4v) is 4.25. The minimum atomic E-state index is -0.545. The molecule has 1 saturated heterocycles. The van der Waals surface area contributed by atoms with E-state index in [4.69, 9.17) is 27.9 Å². The van der Waals surface area contributed by atoms with Gasteiger partial charge in [0.05, 0.1) is 12.8 Å². The van der Waals surface area contributed by atoms with Crippen LogP contribution < -0.4 is 10.1 Å². The Morgan fingerprint density at radius 1 is 1.21 bits per heavy atom. The van der Waals surface area contributed by atoms with Crippen LogP contribution in [0.15, 0.2) is 47.5 Å². The molecule has 1 fully saturated rings. The maximum Gasteiger partial charge on any atom is 0.242 e. The van der Waals surface area contributed by atoms with E-state index < -0.39 is 5.25 Å². The van der Waals surface area contributed by atoms with E-state index in [1.54, 1.807) is 56.6 Å². The summed E-state index contributed by atoms with van der Waals surface area (Å²) < 4.78 is 5.12. The second-order valence-electron chi connectivity index (χ2n) is 6.01. The van der Waals surface area contributed by atoms with E-state index in [0.717, 1.165) is 5.75 Å². The molecule has 1 heterocycles. The van der Waals surface area contributed by atoms with Crippen molar-refractivity contribution in [2.24, 2.45) is 4.99 Å². The maximum absolute atomic E-state index is 12.5. The van der Waals surface area contributed by atoms with E-state index in [-0.39, 0.29) is 18.2 Å². The highest BCUT2D eigenvalue weighted by Crippen LogP contribution is 2.31. The molecule has 0 radical (unpaired) electrons. The van der Waals surface area contributed by atoms with Crippen molar-refractivity contribution in [2.75, 3.05) is 19.5 Å². The molecule has 2 amide bonds. The molecular weight excluding hydrogens is 421 g/mol. The van der Waals surface area contributed by atoms with Crippen molar-refractivity contribution in [3.63, 3.8) is 0 Å². The Morgan fingerprint density at radius 2 is 1.86 bits per heavy atom. The van der Waals surface area contributed by atoms with Gasteiger partial charge in [-0.2, -0.15) is 0 Å². The van der Waals surface area contributed by atoms with Crippen molar-refractivity contribution < 1.29 is 14.3 Å². The van der Waals surface area contributed by atoms with Crippen molar-refractivity contribution in [1.82, 2.24) is 4.90 Å². The topological polar surface area (TPSA) is 71.0 Å². The van der Waals surface area contributed by atoms with Gasteiger partial charge in [0, 0.05) is 29.2 Å². The number of carbonyl (C=O) groups excluding carboxylic acids is 2. The van der Waals surface area contributed by atoms with Crippen molar-refractivity contribution in [2.45, 2.75) is 11.7 Å². The monoisotopic (exact) mass is 437 g/mol. The summed E-state index contributed by atoms with van der Waals surface area (Å²) in [5.41, 5.74) is 1.18. The van der Waals surface area contributed by atoms with Crippen LogP contribution in [-0.2, 0) is 9.59 Å². The van der Waals surface area contributed by atoms with Gasteiger partial charge in [0.2, 0.25) is 11.8 Å². The molecule has 146 valence electrons. The number of carbonyl (C=O) groups is 2. The minimum Gasteiger partial charge on any atom is -0.497 e. The third kappa shape index (κ3) is 4.98. The summed E-state index contributed by atoms with van der Waals surface area (Å²) in [5.74, 6) is 0.253. The van der Waals surface area contributed by atoms with Gasteiger partial charge in [-0.15, -0.1) is 0 Å². The van der Waals surface area contributed by atoms with Gasteiger partial charge in [-0.1, -0.05) is 35.0 Å². The van der Waals surface area contributed by atoms with E-state index in [0.29, 0.717) is 26.6 Å². The van der Waals surface area contributed by atoms with Gasteiger partial charge in [0.25, 0.3) is 0 Å². The number of nitrogens with zero attached hydrogens (tertiary/aromatic N) is 2. The molecule has 0 spiro atoms. The molecule has 0 aromatic heterocycles. The Bertz CT molecular complexity index is 914. The highest BCUT2D eigenvalue weighted by molar-refractivity contribution is 8.15. The number of hydrogen-bond acceptors (Lipinski definition) is 5. The summed E-state index contributed by atoms with van der Waals surface area (Å²) in [5, 5.41) is 3.55. The molecule has 0 aliphatic carbocycles. The lowest BCUT2D eigenvalue weighted by Gasteiger charge is -2.10. The van der Waals surface area contributed by atoms with Crippen LogP contribution in [0.25, 0.3) is 0 Å². The summed E-state index contributed by atoms with van der Waals surface area (Å²) in [4.78, 5) is 30.8. The van der Waals surface area contributed by atoms with Gasteiger partial charge >= 0.3 is 0 Å². The predicted octanol–water partition coefficient (Wildman–Crippen LogP) is 4.59. The van der Waals surface area contributed by atoms with Gasteiger partial charge in [-0.05, 0) is 42.5 Å². The summed E-state index contributed by atoms with van der Waals surface area (Å²) in [6.45, 7) is 0. The first kappa shape index (κ1) is 20.5. The normalized spacial score (nSPS) is 17.9. The Kier molecular flexibility index (Phi) is 6.49. The number of amidine groups is 1. The average molecular weight is 438 g/mol. The highest BCUT2D eigenvalue weighted by atomic mass is 35.5. The quantitative estimate of drug-likeness (QED) is 0.741. The zero-order chi connectivity index (χ0) is 20.3. The SMILES string of the molecule is COc1ccc(N=C2SC(CC(=O)Nc3cc(Cl)cc(Cl)c3)C(=O)N2C)cc1. The number of aliphatic imine (C=N–C) groups is 1. The number of thioether (sulfide) groups is 1. The van der Waals surface area contributed by atoms with Crippen molar-refractivity contribution in [3.8, 4) is 5.75 Å². The first-order valence-corrected chi connectivity index (χ1v) is 9.92. The third-order valence-electron chi connectivity index (χ3n) is 3.95. The summed E-state index contributed by atoms with van der Waals surface area (Å²) in [6.07, 6.45) is 0.0135. The lowest BCUT2D eigenvalue weighted by molar-refractivity contribution is -0.127. The summed E-state index contributed by atoms with van der Waals surface area (Å²) >= 11 is 13.1. The van der Waals surface area contributed by atoms with Crippen LogP contribution in [0.3, 0.4) is 0 Å². The van der Waals surface area contributed by atoms with E-state index >= 15 is 0 Å². The van der Waals surface area contributed by atoms with Crippen molar-refractivity contribution >= 4 is 63.3 Å². The Balaban J connectivity index is 1.67. The van der Waals surface area contributed by atoms with Crippen LogP contribution >= 0.6 is 35.0 Å². The number of nitrogens with one attached hydrogen (secondary N) is 1. The minimum absolute atomic E-state index is 0.0135. The average Bonchev–Trinajstić information content (AvgIpc) is 2.89. The zero-order valence-electron chi connectivity index (χ0n) is 15.1. The fourth-order valence-electron chi connectivity index (χ4n) is 2.57. The standard InChI is InChI=1S/C19H17Cl2N3O3S/c1-24-18(26)16(10-17(25)22-14-8-11(20)7-12(21)9-14)28-19(24)23-13-3-5-15(27-2)6-4-13/h3-9,16H,10H2,1-2H3,(H,22,25). The molecule has 28 heavy (non-hydrogen) atoms. The number of hydrogen-bond donors (Lipinski definition) is 1. The van der Waals surface area contributed by atoms with Gasteiger partial charge in [-0.25, -0.2) is 4.99 Å². The Labute approximate surface area is 176 Å². The van der Waals surface area contributed by atoms with Crippen LogP contribution in [0.2, 0.25) is 10.0 Å². The lowest BCUT2D eigenvalue weighted by atomic mass is 10.2. The lowest BCUT2D eigenvalue weighted by Crippen LogP contribution is -2.30. The summed E-state index contributed by atoms with van der Waals surface area (Å²) in [7, 11) is 3.24. The maximum atomic E-state index is 12.5. The van der Waals surface area contributed by atoms with Crippen LogP contribution in [-0.4, -0.2) is 41.3 Å². The zero-order valence-corrected chi connectivity index (χ0v) is 17.4. The van der Waals surface area contributed by atoms with Crippen LogP contribution in [0.5, 0.6) is 5.75 Å². The first-order chi connectivity index (χ1) is 13.4. The number of rotatable bonds is 5. The van der Waals surface area contributed by atoms with Gasteiger partial charge in [0.15, 0.2) is 5.17 Å². The molecular formula is C19H17Cl2N3O3S. The molecule has 2 aromatic rings. The summed E-state index contributed by atoms with van der Waals surface area (Å²) in [6, 6.07) is 12.0. The smallest absolute Gasteiger partial charge is 0.242 e. The molecule has 0 bridgehead atoms. The number of halogens is 2. The largest absolute Gasteiger partial charge is 0.497 e.